The third-order valence-corrected chi connectivity index (χ3v) is 4.57. The first kappa shape index (κ1) is 24.5. The summed E-state index contributed by atoms with van der Waals surface area (Å²) in [4.78, 5) is 10.7. The summed E-state index contributed by atoms with van der Waals surface area (Å²) < 4.78 is 41.0. The lowest BCUT2D eigenvalue weighted by Gasteiger charge is -2.17. The van der Waals surface area contributed by atoms with Crippen molar-refractivity contribution in [3.8, 4) is 5.88 Å². The normalized spacial score (nSPS) is 12.9. The fourth-order valence-electron chi connectivity index (χ4n) is 2.32. The first-order chi connectivity index (χ1) is 12.7. The van der Waals surface area contributed by atoms with Gasteiger partial charge in [0.2, 0.25) is 5.88 Å². The Bertz CT molecular complexity index is 750. The molecule has 2 aromatic heterocycles. The fourth-order valence-corrected chi connectivity index (χ4v) is 3.34. The molecular weight excluding hydrogens is 504 g/mol. The van der Waals surface area contributed by atoms with Crippen molar-refractivity contribution >= 4 is 41.3 Å². The molecule has 2 aromatic rings. The highest BCUT2D eigenvalue weighted by Crippen LogP contribution is 2.17. The van der Waals surface area contributed by atoms with Crippen molar-refractivity contribution < 1.29 is 17.9 Å². The number of pyridine rings is 1. The molecule has 0 aliphatic rings. The lowest BCUT2D eigenvalue weighted by molar-refractivity contribution is -0.154. The van der Waals surface area contributed by atoms with Crippen LogP contribution in [-0.2, 0) is 13.0 Å². The first-order valence-electron chi connectivity index (χ1n) is 8.42. The van der Waals surface area contributed by atoms with Crippen molar-refractivity contribution in [2.24, 2.45) is 4.99 Å². The van der Waals surface area contributed by atoms with Gasteiger partial charge in [0.25, 0.3) is 0 Å². The molecule has 2 N–H and O–H groups in total. The highest BCUT2D eigenvalue weighted by atomic mass is 127. The summed E-state index contributed by atoms with van der Waals surface area (Å²) in [5.41, 5.74) is 0.804. The number of aliphatic imine (C=N–C) groups is 1. The van der Waals surface area contributed by atoms with Crippen LogP contribution in [0.5, 0.6) is 5.88 Å². The molecule has 0 amide bonds. The Morgan fingerprint density at radius 2 is 2.04 bits per heavy atom. The van der Waals surface area contributed by atoms with Gasteiger partial charge in [-0.2, -0.15) is 13.2 Å². The third-order valence-electron chi connectivity index (χ3n) is 3.55. The van der Waals surface area contributed by atoms with Crippen molar-refractivity contribution in [2.75, 3.05) is 13.7 Å². The number of aromatic nitrogens is 1. The second kappa shape index (κ2) is 11.4. The van der Waals surface area contributed by atoms with Crippen LogP contribution < -0.4 is 15.4 Å². The Balaban J connectivity index is 0.00000392. The van der Waals surface area contributed by atoms with Crippen LogP contribution in [0.4, 0.5) is 13.2 Å². The second-order valence-corrected chi connectivity index (χ2v) is 7.47. The molecule has 2 heterocycles. The molecule has 10 heteroatoms. The predicted octanol–water partition coefficient (Wildman–Crippen LogP) is 4.31. The molecule has 5 nitrogen and oxygen atoms in total. The summed E-state index contributed by atoms with van der Waals surface area (Å²) >= 11 is 1.78. The average molecular weight is 528 g/mol. The monoisotopic (exact) mass is 528 g/mol. The number of hydrogen-bond donors (Lipinski definition) is 2. The van der Waals surface area contributed by atoms with Crippen LogP contribution >= 0.6 is 35.3 Å². The minimum absolute atomic E-state index is 0. The van der Waals surface area contributed by atoms with Crippen LogP contribution in [0.15, 0.2) is 35.5 Å². The zero-order valence-electron chi connectivity index (χ0n) is 15.8. The van der Waals surface area contributed by atoms with Gasteiger partial charge in [-0.05, 0) is 31.5 Å². The number of guanidine groups is 1. The number of thiophene rings is 1. The van der Waals surface area contributed by atoms with E-state index in [1.54, 1.807) is 24.5 Å². The van der Waals surface area contributed by atoms with Gasteiger partial charge >= 0.3 is 6.18 Å². The third kappa shape index (κ3) is 9.09. The van der Waals surface area contributed by atoms with E-state index in [0.717, 1.165) is 12.0 Å². The molecule has 2 rings (SSSR count). The number of alkyl halides is 3. The standard InChI is InChI=1S/C18H23F3N4OS.HI/c1-12(8-15-6-4-13(2)27-15)25-17(22-3)24-10-14-5-7-16(23-9-14)26-11-18(19,20)21;/h4-7,9,12H,8,10-11H2,1-3H3,(H2,22,24,25);1H. The summed E-state index contributed by atoms with van der Waals surface area (Å²) in [7, 11) is 1.68. The van der Waals surface area contributed by atoms with Crippen LogP contribution in [-0.4, -0.2) is 36.8 Å². The Morgan fingerprint density at radius 1 is 1.29 bits per heavy atom. The summed E-state index contributed by atoms with van der Waals surface area (Å²) in [6, 6.07) is 7.51. The van der Waals surface area contributed by atoms with E-state index in [-0.39, 0.29) is 35.9 Å². The lowest BCUT2D eigenvalue weighted by atomic mass is 10.2. The number of aryl methyl sites for hydroxylation is 1. The van der Waals surface area contributed by atoms with Gasteiger partial charge in [-0.3, -0.25) is 4.99 Å². The van der Waals surface area contributed by atoms with Crippen molar-refractivity contribution in [3.05, 3.63) is 45.8 Å². The lowest BCUT2D eigenvalue weighted by Crippen LogP contribution is -2.42. The van der Waals surface area contributed by atoms with Crippen LogP contribution in [0.25, 0.3) is 0 Å². The van der Waals surface area contributed by atoms with Crippen LogP contribution in [0.2, 0.25) is 0 Å². The van der Waals surface area contributed by atoms with Gasteiger partial charge in [0, 0.05) is 48.1 Å². The maximum Gasteiger partial charge on any atom is 0.422 e. The predicted molar refractivity (Wildman–Crippen MR) is 117 cm³/mol. The Kier molecular flexibility index (Phi) is 10.0. The highest BCUT2D eigenvalue weighted by Gasteiger charge is 2.28. The zero-order chi connectivity index (χ0) is 19.9. The minimum atomic E-state index is -4.38. The van der Waals surface area contributed by atoms with E-state index in [1.165, 1.54) is 22.0 Å². The van der Waals surface area contributed by atoms with E-state index in [2.05, 4.69) is 51.3 Å². The summed E-state index contributed by atoms with van der Waals surface area (Å²) in [5.74, 6) is 0.589. The quantitative estimate of drug-likeness (QED) is 0.320. The molecule has 0 spiro atoms. The highest BCUT2D eigenvalue weighted by molar-refractivity contribution is 14.0. The number of hydrogen-bond acceptors (Lipinski definition) is 4. The molecule has 0 saturated carbocycles. The van der Waals surface area contributed by atoms with Gasteiger partial charge in [0.15, 0.2) is 12.6 Å². The Labute approximate surface area is 183 Å². The van der Waals surface area contributed by atoms with Gasteiger partial charge < -0.3 is 15.4 Å². The van der Waals surface area contributed by atoms with E-state index in [1.807, 2.05) is 0 Å². The molecular formula is C18H24F3IN4OS. The number of nitrogens with zero attached hydrogens (tertiary/aromatic N) is 2. The van der Waals surface area contributed by atoms with Crippen LogP contribution in [0.1, 0.15) is 22.2 Å². The van der Waals surface area contributed by atoms with Crippen molar-refractivity contribution in [1.82, 2.24) is 15.6 Å². The van der Waals surface area contributed by atoms with Crippen molar-refractivity contribution in [2.45, 2.75) is 39.0 Å². The van der Waals surface area contributed by atoms with Gasteiger partial charge in [0.05, 0.1) is 0 Å². The van der Waals surface area contributed by atoms with Crippen LogP contribution in [0.3, 0.4) is 0 Å². The maximum atomic E-state index is 12.1. The van der Waals surface area contributed by atoms with E-state index in [0.29, 0.717) is 12.5 Å². The number of rotatable bonds is 7. The van der Waals surface area contributed by atoms with Gasteiger partial charge in [-0.25, -0.2) is 4.98 Å². The SMILES string of the molecule is CN=C(NCc1ccc(OCC(F)(F)F)nc1)NC(C)Cc1ccc(C)s1.I. The molecule has 0 fully saturated rings. The molecule has 1 unspecified atom stereocenters. The Hall–Kier alpha value is -1.56. The van der Waals surface area contributed by atoms with Crippen molar-refractivity contribution in [3.63, 3.8) is 0 Å². The van der Waals surface area contributed by atoms with E-state index in [4.69, 9.17) is 0 Å². The number of ether oxygens (including phenoxy) is 1. The van der Waals surface area contributed by atoms with E-state index < -0.39 is 12.8 Å². The zero-order valence-corrected chi connectivity index (χ0v) is 19.0. The smallest absolute Gasteiger partial charge is 0.422 e. The molecule has 28 heavy (non-hydrogen) atoms. The average Bonchev–Trinajstić information content (AvgIpc) is 3.01. The molecule has 0 aliphatic heterocycles. The molecule has 0 saturated heterocycles. The Morgan fingerprint density at radius 3 is 2.57 bits per heavy atom. The summed E-state index contributed by atoms with van der Waals surface area (Å²) in [6.45, 7) is 3.25. The minimum Gasteiger partial charge on any atom is -0.468 e. The number of nitrogens with one attached hydrogen (secondary N) is 2. The molecule has 0 aromatic carbocycles. The topological polar surface area (TPSA) is 58.5 Å². The largest absolute Gasteiger partial charge is 0.468 e. The fraction of sp³-hybridized carbons (Fsp3) is 0.444. The summed E-state index contributed by atoms with van der Waals surface area (Å²) in [5, 5.41) is 6.48. The summed E-state index contributed by atoms with van der Waals surface area (Å²) in [6.07, 6.45) is -2.01. The van der Waals surface area contributed by atoms with Crippen molar-refractivity contribution in [1.29, 1.82) is 0 Å². The van der Waals surface area contributed by atoms with Crippen LogP contribution in [0, 0.1) is 6.92 Å². The molecule has 156 valence electrons. The first-order valence-corrected chi connectivity index (χ1v) is 9.24. The molecule has 1 atom stereocenters. The second-order valence-electron chi connectivity index (χ2n) is 6.10. The number of halogens is 4. The van der Waals surface area contributed by atoms with Gasteiger partial charge in [0.1, 0.15) is 0 Å². The maximum absolute atomic E-state index is 12.1. The molecule has 0 aliphatic carbocycles. The van der Waals surface area contributed by atoms with E-state index in [9.17, 15) is 13.2 Å². The van der Waals surface area contributed by atoms with Gasteiger partial charge in [-0.1, -0.05) is 6.07 Å². The van der Waals surface area contributed by atoms with Gasteiger partial charge in [-0.15, -0.1) is 35.3 Å². The van der Waals surface area contributed by atoms with E-state index >= 15 is 0 Å². The molecule has 0 radical (unpaired) electrons. The molecule has 0 bridgehead atoms.